The highest BCUT2D eigenvalue weighted by atomic mass is 32.1. The number of rotatable bonds is 7. The van der Waals surface area contributed by atoms with Crippen LogP contribution in [0.25, 0.3) is 0 Å². The smallest absolute Gasteiger partial charge is 0.118 e. The van der Waals surface area contributed by atoms with Crippen molar-refractivity contribution in [3.63, 3.8) is 0 Å². The first-order valence-corrected chi connectivity index (χ1v) is 9.51. The standard InChI is InChI=1S/C19H27N3OS/c1-4-18-21-13-17(24-18)12-20-11-15-9-10-22(2)19(15)14-5-7-16(23-3)8-6-14/h5-8,13,15,19-20H,4,9-12H2,1-3H3/t15-,19-/m1/s1. The van der Waals surface area contributed by atoms with Crippen molar-refractivity contribution < 1.29 is 4.74 Å². The molecule has 1 N–H and O–H groups in total. The van der Waals surface area contributed by atoms with Crippen LogP contribution in [0.3, 0.4) is 0 Å². The molecule has 4 nitrogen and oxygen atoms in total. The Morgan fingerprint density at radius 1 is 1.33 bits per heavy atom. The van der Waals surface area contributed by atoms with Gasteiger partial charge in [-0.3, -0.25) is 4.90 Å². The van der Waals surface area contributed by atoms with Gasteiger partial charge in [-0.25, -0.2) is 4.98 Å². The highest BCUT2D eigenvalue weighted by Gasteiger charge is 2.32. The molecule has 2 heterocycles. The van der Waals surface area contributed by atoms with Crippen LogP contribution in [0.4, 0.5) is 0 Å². The van der Waals surface area contributed by atoms with E-state index in [2.05, 4.69) is 53.4 Å². The van der Waals surface area contributed by atoms with Gasteiger partial charge < -0.3 is 10.1 Å². The maximum atomic E-state index is 5.28. The summed E-state index contributed by atoms with van der Waals surface area (Å²) in [6.45, 7) is 5.28. The first-order chi connectivity index (χ1) is 11.7. The van der Waals surface area contributed by atoms with Crippen molar-refractivity contribution >= 4 is 11.3 Å². The second-order valence-electron chi connectivity index (χ2n) is 6.45. The minimum absolute atomic E-state index is 0.482. The molecule has 24 heavy (non-hydrogen) atoms. The Morgan fingerprint density at radius 2 is 2.12 bits per heavy atom. The predicted molar refractivity (Wildman–Crippen MR) is 99.7 cm³/mol. The van der Waals surface area contributed by atoms with Gasteiger partial charge in [0.15, 0.2) is 0 Å². The number of ether oxygens (including phenoxy) is 1. The third-order valence-electron chi connectivity index (χ3n) is 4.84. The molecule has 0 amide bonds. The molecule has 5 heteroatoms. The summed E-state index contributed by atoms with van der Waals surface area (Å²) in [5.41, 5.74) is 1.38. The lowest BCUT2D eigenvalue weighted by Gasteiger charge is -2.26. The molecule has 1 aliphatic rings. The summed E-state index contributed by atoms with van der Waals surface area (Å²) >= 11 is 1.82. The van der Waals surface area contributed by atoms with Crippen molar-refractivity contribution in [2.24, 2.45) is 5.92 Å². The van der Waals surface area contributed by atoms with E-state index < -0.39 is 0 Å². The number of thiazole rings is 1. The summed E-state index contributed by atoms with van der Waals surface area (Å²) in [6.07, 6.45) is 4.28. The van der Waals surface area contributed by atoms with Crippen molar-refractivity contribution in [1.29, 1.82) is 0 Å². The Bertz CT molecular complexity index is 640. The van der Waals surface area contributed by atoms with Crippen LogP contribution in [0.1, 0.15) is 34.8 Å². The number of benzene rings is 1. The molecule has 1 aromatic heterocycles. The third-order valence-corrected chi connectivity index (χ3v) is 5.98. The largest absolute Gasteiger partial charge is 0.497 e. The van der Waals surface area contributed by atoms with Crippen molar-refractivity contribution in [2.45, 2.75) is 32.4 Å². The van der Waals surface area contributed by atoms with Crippen molar-refractivity contribution in [3.8, 4) is 5.75 Å². The Labute approximate surface area is 148 Å². The van der Waals surface area contributed by atoms with Gasteiger partial charge in [0.05, 0.1) is 12.1 Å². The van der Waals surface area contributed by atoms with Crippen LogP contribution in [0.15, 0.2) is 30.5 Å². The number of methoxy groups -OCH3 is 1. The number of aryl methyl sites for hydroxylation is 1. The molecule has 2 aromatic rings. The predicted octanol–water partition coefficient (Wildman–Crippen LogP) is 3.50. The van der Waals surface area contributed by atoms with Gasteiger partial charge in [-0.2, -0.15) is 0 Å². The van der Waals surface area contributed by atoms with E-state index in [1.165, 1.54) is 21.9 Å². The zero-order valence-electron chi connectivity index (χ0n) is 14.8. The quantitative estimate of drug-likeness (QED) is 0.833. The molecule has 130 valence electrons. The molecule has 0 radical (unpaired) electrons. The number of aromatic nitrogens is 1. The number of hydrogen-bond acceptors (Lipinski definition) is 5. The number of likely N-dealkylation sites (tertiary alicyclic amines) is 1. The molecule has 1 fully saturated rings. The number of hydrogen-bond donors (Lipinski definition) is 1. The molecule has 0 aliphatic carbocycles. The van der Waals surface area contributed by atoms with E-state index in [1.807, 2.05) is 17.5 Å². The van der Waals surface area contributed by atoms with Gasteiger partial charge in [0.2, 0.25) is 0 Å². The molecular formula is C19H27N3OS. The average molecular weight is 346 g/mol. The second-order valence-corrected chi connectivity index (χ2v) is 7.65. The molecule has 1 aromatic carbocycles. The molecule has 0 saturated carbocycles. The number of nitrogens with one attached hydrogen (secondary N) is 1. The van der Waals surface area contributed by atoms with E-state index in [4.69, 9.17) is 4.74 Å². The van der Waals surface area contributed by atoms with E-state index >= 15 is 0 Å². The maximum absolute atomic E-state index is 5.28. The van der Waals surface area contributed by atoms with E-state index in [9.17, 15) is 0 Å². The van der Waals surface area contributed by atoms with Gasteiger partial charge in [0.25, 0.3) is 0 Å². The van der Waals surface area contributed by atoms with Crippen LogP contribution in [0.5, 0.6) is 5.75 Å². The molecule has 0 spiro atoms. The molecule has 1 aliphatic heterocycles. The summed E-state index contributed by atoms with van der Waals surface area (Å²) in [6, 6.07) is 9.02. The van der Waals surface area contributed by atoms with Crippen LogP contribution in [-0.2, 0) is 13.0 Å². The normalized spacial score (nSPS) is 21.3. The fraction of sp³-hybridized carbons (Fsp3) is 0.526. The van der Waals surface area contributed by atoms with Crippen molar-refractivity contribution in [2.75, 3.05) is 27.2 Å². The topological polar surface area (TPSA) is 37.4 Å². The van der Waals surface area contributed by atoms with Gasteiger partial charge in [-0.05, 0) is 50.0 Å². The summed E-state index contributed by atoms with van der Waals surface area (Å²) in [5, 5.41) is 4.87. The molecule has 0 unspecified atom stereocenters. The van der Waals surface area contributed by atoms with Gasteiger partial charge in [-0.1, -0.05) is 19.1 Å². The fourth-order valence-corrected chi connectivity index (χ4v) is 4.37. The van der Waals surface area contributed by atoms with Crippen LogP contribution in [-0.4, -0.2) is 37.1 Å². The second kappa shape index (κ2) is 8.10. The van der Waals surface area contributed by atoms with Gasteiger partial charge >= 0.3 is 0 Å². The van der Waals surface area contributed by atoms with Gasteiger partial charge in [0, 0.05) is 30.2 Å². The zero-order chi connectivity index (χ0) is 16.9. The van der Waals surface area contributed by atoms with Crippen molar-refractivity contribution in [1.82, 2.24) is 15.2 Å². The van der Waals surface area contributed by atoms with E-state index in [-0.39, 0.29) is 0 Å². The van der Waals surface area contributed by atoms with Crippen molar-refractivity contribution in [3.05, 3.63) is 45.9 Å². The lowest BCUT2D eigenvalue weighted by Crippen LogP contribution is -2.28. The van der Waals surface area contributed by atoms with Crippen LogP contribution in [0.2, 0.25) is 0 Å². The van der Waals surface area contributed by atoms with Crippen LogP contribution < -0.4 is 10.1 Å². The van der Waals surface area contributed by atoms with Gasteiger partial charge in [-0.15, -0.1) is 11.3 Å². The Morgan fingerprint density at radius 3 is 2.79 bits per heavy atom. The monoisotopic (exact) mass is 345 g/mol. The Kier molecular flexibility index (Phi) is 5.87. The zero-order valence-corrected chi connectivity index (χ0v) is 15.6. The first-order valence-electron chi connectivity index (χ1n) is 8.69. The summed E-state index contributed by atoms with van der Waals surface area (Å²) in [7, 11) is 3.94. The molecule has 1 saturated heterocycles. The summed E-state index contributed by atoms with van der Waals surface area (Å²) < 4.78 is 5.28. The molecule has 3 rings (SSSR count). The Hall–Kier alpha value is -1.43. The Balaban J connectivity index is 1.59. The van der Waals surface area contributed by atoms with E-state index in [0.717, 1.165) is 31.8 Å². The molecule has 0 bridgehead atoms. The highest BCUT2D eigenvalue weighted by molar-refractivity contribution is 7.11. The molecular weight excluding hydrogens is 318 g/mol. The maximum Gasteiger partial charge on any atom is 0.118 e. The lowest BCUT2D eigenvalue weighted by atomic mass is 9.93. The third kappa shape index (κ3) is 3.97. The minimum Gasteiger partial charge on any atom is -0.497 e. The lowest BCUT2D eigenvalue weighted by molar-refractivity contribution is 0.272. The summed E-state index contributed by atoms with van der Waals surface area (Å²) in [5.74, 6) is 1.56. The van der Waals surface area contributed by atoms with Crippen LogP contribution in [0, 0.1) is 5.92 Å². The van der Waals surface area contributed by atoms with E-state index in [0.29, 0.717) is 12.0 Å². The SMILES string of the molecule is CCc1ncc(CNC[C@H]2CCN(C)[C@@H]2c2ccc(OC)cc2)s1. The minimum atomic E-state index is 0.482. The van der Waals surface area contributed by atoms with E-state index in [1.54, 1.807) is 7.11 Å². The van der Waals surface area contributed by atoms with Gasteiger partial charge in [0.1, 0.15) is 5.75 Å². The summed E-state index contributed by atoms with van der Waals surface area (Å²) in [4.78, 5) is 8.24. The average Bonchev–Trinajstić information content (AvgIpc) is 3.22. The highest BCUT2D eigenvalue weighted by Crippen LogP contribution is 2.36. The number of nitrogens with zero attached hydrogens (tertiary/aromatic N) is 2. The molecule has 2 atom stereocenters. The van der Waals surface area contributed by atoms with Crippen LogP contribution >= 0.6 is 11.3 Å². The first kappa shape index (κ1) is 17.4. The fourth-order valence-electron chi connectivity index (χ4n) is 3.54.